The number of hydrogen-bond donors (Lipinski definition) is 1. The van der Waals surface area contributed by atoms with Crippen molar-refractivity contribution in [1.29, 1.82) is 0 Å². The predicted molar refractivity (Wildman–Crippen MR) is 92.7 cm³/mol. The molecule has 0 saturated heterocycles. The SMILES string of the molecule is CCCNCc1ccc(Cl)cc1Oc1ccc(Br)cc1Cl. The average Bonchev–Trinajstić information content (AvgIpc) is 2.44. The molecule has 2 rings (SSSR count). The lowest BCUT2D eigenvalue weighted by Crippen LogP contribution is -2.14. The van der Waals surface area contributed by atoms with Crippen LogP contribution in [0.25, 0.3) is 0 Å². The second kappa shape index (κ2) is 8.04. The highest BCUT2D eigenvalue weighted by molar-refractivity contribution is 9.10. The Kier molecular flexibility index (Phi) is 6.37. The van der Waals surface area contributed by atoms with Crippen LogP contribution in [-0.4, -0.2) is 6.54 Å². The minimum atomic E-state index is 0.553. The Bertz CT molecular complexity index is 619. The molecule has 0 spiro atoms. The molecule has 2 nitrogen and oxygen atoms in total. The predicted octanol–water partition coefficient (Wildman–Crippen LogP) is 6.05. The smallest absolute Gasteiger partial charge is 0.146 e. The van der Waals surface area contributed by atoms with E-state index >= 15 is 0 Å². The topological polar surface area (TPSA) is 21.3 Å². The first-order chi connectivity index (χ1) is 10.1. The highest BCUT2D eigenvalue weighted by atomic mass is 79.9. The lowest BCUT2D eigenvalue weighted by Gasteiger charge is -2.13. The number of rotatable bonds is 6. The van der Waals surface area contributed by atoms with Gasteiger partial charge in [-0.25, -0.2) is 0 Å². The van der Waals surface area contributed by atoms with Crippen LogP contribution < -0.4 is 10.1 Å². The molecule has 0 heterocycles. The molecule has 0 unspecified atom stereocenters. The van der Waals surface area contributed by atoms with E-state index < -0.39 is 0 Å². The van der Waals surface area contributed by atoms with Crippen LogP contribution in [0.15, 0.2) is 40.9 Å². The van der Waals surface area contributed by atoms with Crippen molar-refractivity contribution >= 4 is 39.1 Å². The monoisotopic (exact) mass is 387 g/mol. The molecule has 0 saturated carbocycles. The third kappa shape index (κ3) is 4.89. The molecule has 0 aliphatic rings. The number of ether oxygens (including phenoxy) is 1. The van der Waals surface area contributed by atoms with E-state index in [1.165, 1.54) is 0 Å². The van der Waals surface area contributed by atoms with Gasteiger partial charge in [0.1, 0.15) is 11.5 Å². The van der Waals surface area contributed by atoms with Crippen LogP contribution >= 0.6 is 39.1 Å². The molecule has 0 atom stereocenters. The number of hydrogen-bond acceptors (Lipinski definition) is 2. The first-order valence-electron chi connectivity index (χ1n) is 6.72. The Morgan fingerprint density at radius 3 is 2.62 bits per heavy atom. The van der Waals surface area contributed by atoms with Gasteiger partial charge in [0.15, 0.2) is 0 Å². The number of nitrogens with one attached hydrogen (secondary N) is 1. The summed E-state index contributed by atoms with van der Waals surface area (Å²) in [6.45, 7) is 3.82. The zero-order chi connectivity index (χ0) is 15.2. The maximum absolute atomic E-state index is 6.19. The highest BCUT2D eigenvalue weighted by Crippen LogP contribution is 2.34. The van der Waals surface area contributed by atoms with E-state index in [0.29, 0.717) is 15.8 Å². The maximum atomic E-state index is 6.19. The Balaban J connectivity index is 2.22. The molecule has 112 valence electrons. The number of benzene rings is 2. The molecular weight excluding hydrogens is 373 g/mol. The molecular formula is C16H16BrCl2NO. The Labute approximate surface area is 143 Å². The minimum absolute atomic E-state index is 0.553. The van der Waals surface area contributed by atoms with Crippen molar-refractivity contribution in [2.24, 2.45) is 0 Å². The zero-order valence-electron chi connectivity index (χ0n) is 11.6. The van der Waals surface area contributed by atoms with Crippen molar-refractivity contribution in [2.75, 3.05) is 6.54 Å². The second-order valence-corrected chi connectivity index (χ2v) is 6.36. The van der Waals surface area contributed by atoms with E-state index in [9.17, 15) is 0 Å². The molecule has 0 aromatic heterocycles. The van der Waals surface area contributed by atoms with Crippen molar-refractivity contribution < 1.29 is 4.74 Å². The van der Waals surface area contributed by atoms with Gasteiger partial charge >= 0.3 is 0 Å². The van der Waals surface area contributed by atoms with Crippen LogP contribution in [0.5, 0.6) is 11.5 Å². The normalized spacial score (nSPS) is 10.7. The van der Waals surface area contributed by atoms with Gasteiger partial charge in [-0.1, -0.05) is 52.1 Å². The maximum Gasteiger partial charge on any atom is 0.146 e. The highest BCUT2D eigenvalue weighted by Gasteiger charge is 2.09. The third-order valence-corrected chi connectivity index (χ3v) is 3.91. The zero-order valence-corrected chi connectivity index (χ0v) is 14.7. The summed E-state index contributed by atoms with van der Waals surface area (Å²) in [5, 5.41) is 4.55. The second-order valence-electron chi connectivity index (χ2n) is 4.61. The van der Waals surface area contributed by atoms with Gasteiger partial charge in [-0.15, -0.1) is 0 Å². The fourth-order valence-corrected chi connectivity index (χ4v) is 2.72. The standard InChI is InChI=1S/C16H16BrCl2NO/c1-2-7-20-10-11-3-5-13(18)9-16(11)21-15-6-4-12(17)8-14(15)19/h3-6,8-9,20H,2,7,10H2,1H3. The summed E-state index contributed by atoms with van der Waals surface area (Å²) in [6, 6.07) is 11.2. The van der Waals surface area contributed by atoms with Crippen LogP contribution in [0.2, 0.25) is 10.0 Å². The molecule has 5 heteroatoms. The van der Waals surface area contributed by atoms with E-state index in [1.807, 2.05) is 30.3 Å². The van der Waals surface area contributed by atoms with Crippen molar-refractivity contribution in [2.45, 2.75) is 19.9 Å². The van der Waals surface area contributed by atoms with E-state index in [-0.39, 0.29) is 0 Å². The fourth-order valence-electron chi connectivity index (χ4n) is 1.85. The quantitative estimate of drug-likeness (QED) is 0.608. The Morgan fingerprint density at radius 2 is 1.90 bits per heavy atom. The summed E-state index contributed by atoms with van der Waals surface area (Å²) in [4.78, 5) is 0. The molecule has 0 radical (unpaired) electrons. The van der Waals surface area contributed by atoms with Crippen LogP contribution in [-0.2, 0) is 6.54 Å². The largest absolute Gasteiger partial charge is 0.455 e. The first-order valence-corrected chi connectivity index (χ1v) is 8.27. The summed E-state index contributed by atoms with van der Waals surface area (Å²) in [5.41, 5.74) is 1.05. The molecule has 2 aromatic rings. The molecule has 1 N–H and O–H groups in total. The van der Waals surface area contributed by atoms with Gasteiger partial charge in [0, 0.05) is 21.6 Å². The van der Waals surface area contributed by atoms with Gasteiger partial charge in [0.05, 0.1) is 5.02 Å². The molecule has 0 amide bonds. The minimum Gasteiger partial charge on any atom is -0.455 e. The molecule has 2 aromatic carbocycles. The lowest BCUT2D eigenvalue weighted by atomic mass is 10.2. The van der Waals surface area contributed by atoms with Crippen molar-refractivity contribution in [3.63, 3.8) is 0 Å². The van der Waals surface area contributed by atoms with Gasteiger partial charge in [-0.2, -0.15) is 0 Å². The van der Waals surface area contributed by atoms with Crippen LogP contribution in [0.1, 0.15) is 18.9 Å². The summed E-state index contributed by atoms with van der Waals surface area (Å²) in [7, 11) is 0. The molecule has 0 aliphatic carbocycles. The summed E-state index contributed by atoms with van der Waals surface area (Å²) >= 11 is 15.6. The molecule has 0 fully saturated rings. The van der Waals surface area contributed by atoms with Gasteiger partial charge in [0.2, 0.25) is 0 Å². The summed E-state index contributed by atoms with van der Waals surface area (Å²) in [5.74, 6) is 1.33. The summed E-state index contributed by atoms with van der Waals surface area (Å²) in [6.07, 6.45) is 1.09. The molecule has 21 heavy (non-hydrogen) atoms. The van der Waals surface area contributed by atoms with E-state index in [1.54, 1.807) is 6.07 Å². The fraction of sp³-hybridized carbons (Fsp3) is 0.250. The van der Waals surface area contributed by atoms with Gasteiger partial charge < -0.3 is 10.1 Å². The third-order valence-electron chi connectivity index (χ3n) is 2.89. The van der Waals surface area contributed by atoms with Crippen LogP contribution in [0.4, 0.5) is 0 Å². The lowest BCUT2D eigenvalue weighted by molar-refractivity contribution is 0.473. The molecule has 0 aliphatic heterocycles. The number of halogens is 3. The Hall–Kier alpha value is -0.740. The van der Waals surface area contributed by atoms with Crippen LogP contribution in [0, 0.1) is 0 Å². The first kappa shape index (κ1) is 16.6. The van der Waals surface area contributed by atoms with Gasteiger partial charge in [-0.3, -0.25) is 0 Å². The Morgan fingerprint density at radius 1 is 1.10 bits per heavy atom. The average molecular weight is 389 g/mol. The van der Waals surface area contributed by atoms with Crippen LogP contribution in [0.3, 0.4) is 0 Å². The molecule has 0 bridgehead atoms. The van der Waals surface area contributed by atoms with E-state index in [2.05, 4.69) is 28.2 Å². The van der Waals surface area contributed by atoms with Crippen molar-refractivity contribution in [3.05, 3.63) is 56.5 Å². The van der Waals surface area contributed by atoms with E-state index in [4.69, 9.17) is 27.9 Å². The van der Waals surface area contributed by atoms with E-state index in [0.717, 1.165) is 35.3 Å². The summed E-state index contributed by atoms with van der Waals surface area (Å²) < 4.78 is 6.84. The van der Waals surface area contributed by atoms with Crippen molar-refractivity contribution in [1.82, 2.24) is 5.32 Å². The van der Waals surface area contributed by atoms with Gasteiger partial charge in [-0.05, 0) is 43.3 Å². The van der Waals surface area contributed by atoms with Crippen molar-refractivity contribution in [3.8, 4) is 11.5 Å². The van der Waals surface area contributed by atoms with Gasteiger partial charge in [0.25, 0.3) is 0 Å².